The molecule has 0 bridgehead atoms. The molecule has 1 saturated heterocycles. The van der Waals surface area contributed by atoms with Gasteiger partial charge in [0, 0.05) is 50.2 Å². The number of pyridine rings is 1. The van der Waals surface area contributed by atoms with Crippen molar-refractivity contribution < 1.29 is 4.39 Å². The highest BCUT2D eigenvalue weighted by molar-refractivity contribution is 5.50. The number of halogens is 1. The molecule has 1 aliphatic heterocycles. The molecule has 2 aliphatic rings. The van der Waals surface area contributed by atoms with E-state index in [9.17, 15) is 4.39 Å². The summed E-state index contributed by atoms with van der Waals surface area (Å²) in [6.07, 6.45) is 7.98. The van der Waals surface area contributed by atoms with Crippen LogP contribution in [-0.4, -0.2) is 46.0 Å². The minimum absolute atomic E-state index is 0.218. The second-order valence-corrected chi connectivity index (χ2v) is 6.52. The number of aromatic nitrogens is 3. The van der Waals surface area contributed by atoms with Gasteiger partial charge in [0.15, 0.2) is 0 Å². The minimum Gasteiger partial charge on any atom is -0.354 e. The first-order chi connectivity index (χ1) is 11.8. The van der Waals surface area contributed by atoms with Crippen LogP contribution in [0.25, 0.3) is 0 Å². The molecule has 1 aliphatic carbocycles. The fourth-order valence-electron chi connectivity index (χ4n) is 3.64. The van der Waals surface area contributed by atoms with Crippen LogP contribution in [0.15, 0.2) is 24.7 Å². The number of aryl methyl sites for hydroxylation is 1. The second-order valence-electron chi connectivity index (χ2n) is 6.52. The molecule has 1 fully saturated rings. The Morgan fingerprint density at radius 1 is 1.00 bits per heavy atom. The molecule has 0 atom stereocenters. The quantitative estimate of drug-likeness (QED) is 0.865. The van der Waals surface area contributed by atoms with E-state index in [1.54, 1.807) is 18.6 Å². The minimum atomic E-state index is -0.218. The van der Waals surface area contributed by atoms with E-state index in [0.717, 1.165) is 44.8 Å². The first-order valence-electron chi connectivity index (χ1n) is 8.71. The summed E-state index contributed by atoms with van der Waals surface area (Å²) in [4.78, 5) is 17.8. The third-order valence-electron chi connectivity index (χ3n) is 4.98. The number of hydrogen-bond acceptors (Lipinski definition) is 5. The van der Waals surface area contributed by atoms with Crippen molar-refractivity contribution in [3.05, 3.63) is 47.4 Å². The number of fused-ring (bicyclic) bond motifs is 1. The molecule has 0 radical (unpaired) electrons. The van der Waals surface area contributed by atoms with Gasteiger partial charge < -0.3 is 4.90 Å². The van der Waals surface area contributed by atoms with E-state index in [4.69, 9.17) is 0 Å². The average molecular weight is 327 g/mol. The smallest absolute Gasteiger partial charge is 0.146 e. The van der Waals surface area contributed by atoms with E-state index in [0.29, 0.717) is 12.2 Å². The van der Waals surface area contributed by atoms with Crippen molar-refractivity contribution in [1.82, 2.24) is 19.9 Å². The summed E-state index contributed by atoms with van der Waals surface area (Å²) < 4.78 is 13.8. The topological polar surface area (TPSA) is 45.2 Å². The first-order valence-corrected chi connectivity index (χ1v) is 8.71. The summed E-state index contributed by atoms with van der Waals surface area (Å²) in [6.45, 7) is 4.20. The molecule has 6 heteroatoms. The Bertz CT molecular complexity index is 712. The van der Waals surface area contributed by atoms with Crippen molar-refractivity contribution in [3.63, 3.8) is 0 Å². The standard InChI is InChI=1S/C18H22FN5/c19-15-5-3-7-20-17(15)12-23-8-10-24(11-9-23)18-14-4-1-2-6-16(14)21-13-22-18/h3,5,7,13H,1-2,4,6,8-12H2. The van der Waals surface area contributed by atoms with E-state index >= 15 is 0 Å². The highest BCUT2D eigenvalue weighted by Crippen LogP contribution is 2.27. The molecular formula is C18H22FN5. The molecule has 5 nitrogen and oxygen atoms in total. The molecule has 2 aromatic rings. The summed E-state index contributed by atoms with van der Waals surface area (Å²) in [6, 6.07) is 3.11. The Morgan fingerprint density at radius 3 is 2.67 bits per heavy atom. The Hall–Kier alpha value is -2.08. The van der Waals surface area contributed by atoms with Gasteiger partial charge in [-0.05, 0) is 37.8 Å². The predicted octanol–water partition coefficient (Wildman–Crippen LogP) is 2.21. The zero-order valence-corrected chi connectivity index (χ0v) is 13.8. The van der Waals surface area contributed by atoms with E-state index in [1.807, 2.05) is 0 Å². The SMILES string of the molecule is Fc1cccnc1CN1CCN(c2ncnc3c2CCCC3)CC1. The molecule has 126 valence electrons. The molecule has 4 rings (SSSR count). The lowest BCUT2D eigenvalue weighted by Crippen LogP contribution is -2.47. The van der Waals surface area contributed by atoms with Crippen molar-refractivity contribution in [2.75, 3.05) is 31.1 Å². The van der Waals surface area contributed by atoms with Crippen molar-refractivity contribution in [2.24, 2.45) is 0 Å². The van der Waals surface area contributed by atoms with Gasteiger partial charge >= 0.3 is 0 Å². The Morgan fingerprint density at radius 2 is 1.83 bits per heavy atom. The zero-order valence-electron chi connectivity index (χ0n) is 13.8. The maximum atomic E-state index is 13.8. The van der Waals surface area contributed by atoms with Gasteiger partial charge in [0.2, 0.25) is 0 Å². The summed E-state index contributed by atoms with van der Waals surface area (Å²) in [7, 11) is 0. The summed E-state index contributed by atoms with van der Waals surface area (Å²) in [5.41, 5.74) is 3.10. The average Bonchev–Trinajstić information content (AvgIpc) is 2.64. The van der Waals surface area contributed by atoms with Gasteiger partial charge in [-0.2, -0.15) is 0 Å². The number of piperazine rings is 1. The van der Waals surface area contributed by atoms with Crippen LogP contribution < -0.4 is 4.90 Å². The number of hydrogen-bond donors (Lipinski definition) is 0. The lowest BCUT2D eigenvalue weighted by Gasteiger charge is -2.36. The molecule has 2 aromatic heterocycles. The molecule has 0 amide bonds. The fourth-order valence-corrected chi connectivity index (χ4v) is 3.64. The Balaban J connectivity index is 1.43. The van der Waals surface area contributed by atoms with Gasteiger partial charge in [0.1, 0.15) is 18.0 Å². The Kier molecular flexibility index (Phi) is 4.38. The van der Waals surface area contributed by atoms with E-state index in [2.05, 4.69) is 24.8 Å². The molecule has 3 heterocycles. The molecule has 0 spiro atoms. The molecule has 24 heavy (non-hydrogen) atoms. The van der Waals surface area contributed by atoms with E-state index in [-0.39, 0.29) is 5.82 Å². The lowest BCUT2D eigenvalue weighted by molar-refractivity contribution is 0.242. The van der Waals surface area contributed by atoms with Crippen molar-refractivity contribution in [2.45, 2.75) is 32.2 Å². The lowest BCUT2D eigenvalue weighted by atomic mass is 9.96. The van der Waals surface area contributed by atoms with Gasteiger partial charge in [-0.25, -0.2) is 14.4 Å². The van der Waals surface area contributed by atoms with Crippen molar-refractivity contribution in [1.29, 1.82) is 0 Å². The highest BCUT2D eigenvalue weighted by atomic mass is 19.1. The van der Waals surface area contributed by atoms with Gasteiger partial charge in [0.05, 0.1) is 5.69 Å². The number of nitrogens with zero attached hydrogens (tertiary/aromatic N) is 5. The third-order valence-corrected chi connectivity index (χ3v) is 4.98. The van der Waals surface area contributed by atoms with Crippen LogP contribution in [0.3, 0.4) is 0 Å². The van der Waals surface area contributed by atoms with Gasteiger partial charge in [0.25, 0.3) is 0 Å². The van der Waals surface area contributed by atoms with Crippen LogP contribution in [0, 0.1) is 5.82 Å². The third kappa shape index (κ3) is 3.11. The predicted molar refractivity (Wildman–Crippen MR) is 90.4 cm³/mol. The maximum Gasteiger partial charge on any atom is 0.146 e. The van der Waals surface area contributed by atoms with E-state index in [1.165, 1.54) is 30.2 Å². The second kappa shape index (κ2) is 6.81. The molecule has 0 N–H and O–H groups in total. The van der Waals surface area contributed by atoms with Crippen LogP contribution in [0.1, 0.15) is 29.8 Å². The normalized spacial score (nSPS) is 18.5. The van der Waals surface area contributed by atoms with Gasteiger partial charge in [-0.15, -0.1) is 0 Å². The Labute approximate surface area is 141 Å². The van der Waals surface area contributed by atoms with Gasteiger partial charge in [-0.1, -0.05) is 0 Å². The molecule has 0 unspecified atom stereocenters. The largest absolute Gasteiger partial charge is 0.354 e. The fraction of sp³-hybridized carbons (Fsp3) is 0.500. The molecule has 0 saturated carbocycles. The van der Waals surface area contributed by atoms with Crippen LogP contribution in [0.5, 0.6) is 0 Å². The number of rotatable bonds is 3. The van der Waals surface area contributed by atoms with Gasteiger partial charge in [-0.3, -0.25) is 9.88 Å². The zero-order chi connectivity index (χ0) is 16.4. The monoisotopic (exact) mass is 327 g/mol. The van der Waals surface area contributed by atoms with Crippen LogP contribution in [0.2, 0.25) is 0 Å². The van der Waals surface area contributed by atoms with Crippen LogP contribution in [0.4, 0.5) is 10.2 Å². The maximum absolute atomic E-state index is 13.8. The highest BCUT2D eigenvalue weighted by Gasteiger charge is 2.24. The summed E-state index contributed by atoms with van der Waals surface area (Å²) >= 11 is 0. The summed E-state index contributed by atoms with van der Waals surface area (Å²) in [5.74, 6) is 0.896. The van der Waals surface area contributed by atoms with Crippen molar-refractivity contribution in [3.8, 4) is 0 Å². The van der Waals surface area contributed by atoms with Crippen LogP contribution >= 0.6 is 0 Å². The molecular weight excluding hydrogens is 305 g/mol. The van der Waals surface area contributed by atoms with Crippen molar-refractivity contribution >= 4 is 5.82 Å². The summed E-state index contributed by atoms with van der Waals surface area (Å²) in [5, 5.41) is 0. The van der Waals surface area contributed by atoms with E-state index < -0.39 is 0 Å². The number of anilines is 1. The molecule has 0 aromatic carbocycles. The first kappa shape index (κ1) is 15.4. The van der Waals surface area contributed by atoms with Crippen LogP contribution in [-0.2, 0) is 19.4 Å².